The van der Waals surface area contributed by atoms with Crippen LogP contribution < -0.4 is 4.90 Å². The second-order valence-electron chi connectivity index (χ2n) is 12.5. The predicted octanol–water partition coefficient (Wildman–Crippen LogP) is 13.9. The molecule has 1 heterocycles. The largest absolute Gasteiger partial charge is 0.309 e. The molecule has 0 spiro atoms. The number of nitrogens with zero attached hydrogens (tertiary/aromatic N) is 2. The summed E-state index contributed by atoms with van der Waals surface area (Å²) in [6.07, 6.45) is 0. The minimum absolute atomic E-state index is 0.890. The van der Waals surface area contributed by atoms with E-state index in [1.54, 1.807) is 11.3 Å². The smallest absolute Gasteiger partial charge is 0.124 e. The maximum absolute atomic E-state index is 5.10. The fourth-order valence-electron chi connectivity index (χ4n) is 6.98. The molecule has 4 heteroatoms. The first kappa shape index (κ1) is 31.1. The molecule has 0 N–H and O–H groups in total. The molecular formula is C47H32N2S2. The van der Waals surface area contributed by atoms with Crippen LogP contribution in [0.4, 0.5) is 17.1 Å². The van der Waals surface area contributed by atoms with Crippen molar-refractivity contribution in [3.05, 3.63) is 188 Å². The van der Waals surface area contributed by atoms with Crippen molar-refractivity contribution in [2.24, 2.45) is 0 Å². The van der Waals surface area contributed by atoms with Gasteiger partial charge in [0.1, 0.15) is 5.01 Å². The SMILES string of the molecule is Sc1cc2nc(-c3ccccc3)sc2cc1-c1ccccc1N(c1ccc(-c2ccccc2)cc1)c1ccc2ccccc2c1-c1ccccc1. The normalized spacial score (nSPS) is 11.2. The highest BCUT2D eigenvalue weighted by Gasteiger charge is 2.23. The summed E-state index contributed by atoms with van der Waals surface area (Å²) in [6.45, 7) is 0. The van der Waals surface area contributed by atoms with Gasteiger partial charge in [-0.3, -0.25) is 0 Å². The summed E-state index contributed by atoms with van der Waals surface area (Å²) in [5.74, 6) is 0. The molecule has 9 rings (SSSR count). The zero-order valence-electron chi connectivity index (χ0n) is 27.6. The average molecular weight is 689 g/mol. The van der Waals surface area contributed by atoms with Crippen LogP contribution in [0.2, 0.25) is 0 Å². The Morgan fingerprint density at radius 2 is 1.08 bits per heavy atom. The summed E-state index contributed by atoms with van der Waals surface area (Å²) in [6, 6.07) is 66.8. The highest BCUT2D eigenvalue weighted by Crippen LogP contribution is 2.48. The second-order valence-corrected chi connectivity index (χ2v) is 14.0. The van der Waals surface area contributed by atoms with Crippen molar-refractivity contribution < 1.29 is 0 Å². The molecule has 9 aromatic rings. The van der Waals surface area contributed by atoms with Crippen LogP contribution in [0.5, 0.6) is 0 Å². The Morgan fingerprint density at radius 3 is 1.82 bits per heavy atom. The van der Waals surface area contributed by atoms with Gasteiger partial charge >= 0.3 is 0 Å². The monoisotopic (exact) mass is 688 g/mol. The molecule has 0 unspecified atom stereocenters. The highest BCUT2D eigenvalue weighted by atomic mass is 32.1. The molecule has 0 aliphatic carbocycles. The molecule has 0 atom stereocenters. The number of thiazole rings is 1. The zero-order valence-corrected chi connectivity index (χ0v) is 29.4. The first-order valence-electron chi connectivity index (χ1n) is 17.0. The van der Waals surface area contributed by atoms with Crippen molar-refractivity contribution in [1.29, 1.82) is 0 Å². The van der Waals surface area contributed by atoms with Crippen LogP contribution in [-0.2, 0) is 0 Å². The lowest BCUT2D eigenvalue weighted by atomic mass is 9.94. The molecule has 51 heavy (non-hydrogen) atoms. The van der Waals surface area contributed by atoms with Gasteiger partial charge in [0, 0.05) is 27.3 Å². The number of thiol groups is 1. The van der Waals surface area contributed by atoms with Crippen molar-refractivity contribution in [2.45, 2.75) is 4.90 Å². The van der Waals surface area contributed by atoms with Crippen LogP contribution in [0, 0.1) is 0 Å². The van der Waals surface area contributed by atoms with Gasteiger partial charge in [-0.2, -0.15) is 0 Å². The minimum Gasteiger partial charge on any atom is -0.309 e. The van der Waals surface area contributed by atoms with E-state index in [2.05, 4.69) is 187 Å². The number of anilines is 3. The van der Waals surface area contributed by atoms with Gasteiger partial charge in [-0.05, 0) is 69.4 Å². The van der Waals surface area contributed by atoms with Gasteiger partial charge in [-0.25, -0.2) is 4.98 Å². The molecule has 0 amide bonds. The van der Waals surface area contributed by atoms with E-state index in [9.17, 15) is 0 Å². The highest BCUT2D eigenvalue weighted by molar-refractivity contribution is 7.80. The van der Waals surface area contributed by atoms with E-state index in [-0.39, 0.29) is 0 Å². The van der Waals surface area contributed by atoms with E-state index < -0.39 is 0 Å². The van der Waals surface area contributed by atoms with Gasteiger partial charge in [0.05, 0.1) is 21.6 Å². The van der Waals surface area contributed by atoms with Crippen LogP contribution in [0.1, 0.15) is 0 Å². The Hall–Kier alpha value is -5.94. The predicted molar refractivity (Wildman–Crippen MR) is 221 cm³/mol. The van der Waals surface area contributed by atoms with E-state index in [0.29, 0.717) is 0 Å². The lowest BCUT2D eigenvalue weighted by Crippen LogP contribution is -2.12. The molecule has 0 saturated heterocycles. The van der Waals surface area contributed by atoms with Gasteiger partial charge in [0.2, 0.25) is 0 Å². The third-order valence-electron chi connectivity index (χ3n) is 9.40. The Morgan fingerprint density at radius 1 is 0.471 bits per heavy atom. The standard InChI is InChI=1S/C47H32N2S2/c50-44-31-41-45(51-47(48-41)36-19-8-3-9-20-36)30-40(44)39-22-12-13-23-42(39)49(37-27-24-33(25-28-37)32-14-4-1-5-15-32)43-29-26-34-16-10-11-21-38(34)46(43)35-17-6-2-7-18-35/h1-31,50H. The zero-order chi connectivity index (χ0) is 34.1. The maximum Gasteiger partial charge on any atom is 0.124 e. The quantitative estimate of drug-likeness (QED) is 0.168. The van der Waals surface area contributed by atoms with Gasteiger partial charge in [0.15, 0.2) is 0 Å². The Labute approximate surface area is 307 Å². The second kappa shape index (κ2) is 13.4. The van der Waals surface area contributed by atoms with Crippen molar-refractivity contribution in [2.75, 3.05) is 4.90 Å². The van der Waals surface area contributed by atoms with E-state index in [1.165, 1.54) is 33.0 Å². The van der Waals surface area contributed by atoms with Crippen molar-refractivity contribution >= 4 is 62.0 Å². The van der Waals surface area contributed by atoms with E-state index in [4.69, 9.17) is 17.6 Å². The first-order valence-corrected chi connectivity index (χ1v) is 18.3. The number of hydrogen-bond acceptors (Lipinski definition) is 4. The summed E-state index contributed by atoms with van der Waals surface area (Å²) in [5.41, 5.74) is 12.2. The number of aromatic nitrogens is 1. The Kier molecular flexibility index (Phi) is 8.17. The van der Waals surface area contributed by atoms with Crippen molar-refractivity contribution in [1.82, 2.24) is 4.98 Å². The van der Waals surface area contributed by atoms with Crippen LogP contribution in [0.25, 0.3) is 64.9 Å². The van der Waals surface area contributed by atoms with Crippen molar-refractivity contribution in [3.8, 4) is 44.0 Å². The number of hydrogen-bond donors (Lipinski definition) is 1. The molecule has 2 nitrogen and oxygen atoms in total. The molecule has 0 fully saturated rings. The fourth-order valence-corrected chi connectivity index (χ4v) is 8.27. The van der Waals surface area contributed by atoms with E-state index in [0.717, 1.165) is 53.9 Å². The molecule has 1 aromatic heterocycles. The average Bonchev–Trinajstić information content (AvgIpc) is 3.62. The number of para-hydroxylation sites is 1. The van der Waals surface area contributed by atoms with Gasteiger partial charge in [0.25, 0.3) is 0 Å². The number of benzene rings is 8. The lowest BCUT2D eigenvalue weighted by Gasteiger charge is -2.31. The molecule has 8 aromatic carbocycles. The third kappa shape index (κ3) is 5.89. The van der Waals surface area contributed by atoms with Gasteiger partial charge in [-0.15, -0.1) is 24.0 Å². The summed E-state index contributed by atoms with van der Waals surface area (Å²) in [4.78, 5) is 8.30. The van der Waals surface area contributed by atoms with Gasteiger partial charge < -0.3 is 4.90 Å². The molecule has 0 aliphatic rings. The van der Waals surface area contributed by atoms with Crippen LogP contribution in [0.3, 0.4) is 0 Å². The van der Waals surface area contributed by atoms with E-state index >= 15 is 0 Å². The molecule has 242 valence electrons. The molecule has 0 aliphatic heterocycles. The fraction of sp³-hybridized carbons (Fsp3) is 0. The van der Waals surface area contributed by atoms with Crippen LogP contribution >= 0.6 is 24.0 Å². The Bertz CT molecular complexity index is 2630. The summed E-state index contributed by atoms with van der Waals surface area (Å²) in [7, 11) is 0. The summed E-state index contributed by atoms with van der Waals surface area (Å²) >= 11 is 6.82. The van der Waals surface area contributed by atoms with E-state index in [1.807, 2.05) is 6.07 Å². The van der Waals surface area contributed by atoms with Crippen LogP contribution in [-0.4, -0.2) is 4.98 Å². The summed E-state index contributed by atoms with van der Waals surface area (Å²) < 4.78 is 1.13. The molecule has 0 saturated carbocycles. The number of fused-ring (bicyclic) bond motifs is 2. The maximum atomic E-state index is 5.10. The summed E-state index contributed by atoms with van der Waals surface area (Å²) in [5, 5.41) is 3.42. The van der Waals surface area contributed by atoms with Gasteiger partial charge in [-0.1, -0.05) is 152 Å². The minimum atomic E-state index is 0.890. The van der Waals surface area contributed by atoms with Crippen LogP contribution in [0.15, 0.2) is 193 Å². The first-order chi connectivity index (χ1) is 25.2. The molecular weight excluding hydrogens is 657 g/mol. The Balaban J connectivity index is 1.28. The molecule has 0 bridgehead atoms. The third-order valence-corrected chi connectivity index (χ3v) is 10.8. The topological polar surface area (TPSA) is 16.1 Å². The lowest BCUT2D eigenvalue weighted by molar-refractivity contribution is 1.28. The van der Waals surface area contributed by atoms with Crippen molar-refractivity contribution in [3.63, 3.8) is 0 Å². The molecule has 0 radical (unpaired) electrons. The number of rotatable bonds is 7.